The average molecular weight is 268 g/mol. The molecule has 1 aliphatic rings. The third kappa shape index (κ3) is 5.59. The van der Waals surface area contributed by atoms with Crippen molar-refractivity contribution >= 4 is 18.0 Å². The van der Waals surface area contributed by atoms with Gasteiger partial charge >= 0.3 is 6.16 Å². The molecule has 1 atom stereocenters. The molecule has 0 spiro atoms. The predicted octanol–water partition coefficient (Wildman–Crippen LogP) is -0.330. The number of imide groups is 1. The van der Waals surface area contributed by atoms with Gasteiger partial charge in [0.25, 0.3) is 5.91 Å². The van der Waals surface area contributed by atoms with Gasteiger partial charge in [-0.1, -0.05) is 6.07 Å². The first-order valence-electron chi connectivity index (χ1n) is 5.25. The standard InChI is InChI=1S/C7H7NO3.C4H5NO3/c9-7(10)11-5-6-2-1-3-8-4-6;6-2-1-3(7)5-4(2)8/h1-4H,5H2,(H,9,10);2,6H,1H2,(H,5,7,8). The highest BCUT2D eigenvalue weighted by Crippen LogP contribution is 1.98. The maximum absolute atomic E-state index is 10.2. The molecule has 1 aromatic heterocycles. The van der Waals surface area contributed by atoms with Crippen LogP contribution in [0.3, 0.4) is 0 Å². The number of aliphatic hydroxyl groups is 1. The first-order chi connectivity index (χ1) is 8.99. The quantitative estimate of drug-likeness (QED) is 0.495. The highest BCUT2D eigenvalue weighted by Gasteiger charge is 2.27. The van der Waals surface area contributed by atoms with Crippen LogP contribution in [0.25, 0.3) is 0 Å². The van der Waals surface area contributed by atoms with E-state index in [1.54, 1.807) is 24.5 Å². The molecular formula is C11H12N2O6. The molecule has 8 nitrogen and oxygen atoms in total. The summed E-state index contributed by atoms with van der Waals surface area (Å²) in [7, 11) is 0. The molecule has 102 valence electrons. The Labute approximate surface area is 108 Å². The Bertz CT molecular complexity index is 462. The zero-order valence-electron chi connectivity index (χ0n) is 9.78. The number of ether oxygens (including phenoxy) is 1. The van der Waals surface area contributed by atoms with Crippen molar-refractivity contribution < 1.29 is 29.3 Å². The first-order valence-corrected chi connectivity index (χ1v) is 5.25. The average Bonchev–Trinajstić information content (AvgIpc) is 2.66. The van der Waals surface area contributed by atoms with Crippen molar-refractivity contribution in [3.63, 3.8) is 0 Å². The number of nitrogens with one attached hydrogen (secondary N) is 1. The molecule has 0 saturated carbocycles. The fraction of sp³-hybridized carbons (Fsp3) is 0.273. The van der Waals surface area contributed by atoms with E-state index in [9.17, 15) is 14.4 Å². The zero-order chi connectivity index (χ0) is 14.3. The van der Waals surface area contributed by atoms with Crippen LogP contribution in [-0.2, 0) is 20.9 Å². The van der Waals surface area contributed by atoms with Gasteiger partial charge in [0, 0.05) is 18.0 Å². The smallest absolute Gasteiger partial charge is 0.450 e. The van der Waals surface area contributed by atoms with Crippen molar-refractivity contribution in [2.75, 3.05) is 0 Å². The van der Waals surface area contributed by atoms with Crippen LogP contribution in [0.1, 0.15) is 12.0 Å². The molecule has 2 rings (SSSR count). The Morgan fingerprint density at radius 3 is 2.63 bits per heavy atom. The van der Waals surface area contributed by atoms with Crippen LogP contribution >= 0.6 is 0 Å². The topological polar surface area (TPSA) is 126 Å². The van der Waals surface area contributed by atoms with E-state index in [-0.39, 0.29) is 13.0 Å². The van der Waals surface area contributed by atoms with E-state index < -0.39 is 24.1 Å². The molecule has 0 aliphatic carbocycles. The molecule has 1 aromatic rings. The van der Waals surface area contributed by atoms with Crippen LogP contribution in [0.2, 0.25) is 0 Å². The van der Waals surface area contributed by atoms with Gasteiger partial charge in [-0.05, 0) is 6.07 Å². The Hall–Kier alpha value is -2.48. The number of rotatable bonds is 2. The van der Waals surface area contributed by atoms with Crippen molar-refractivity contribution in [3.8, 4) is 0 Å². The summed E-state index contributed by atoms with van der Waals surface area (Å²) >= 11 is 0. The molecule has 1 fully saturated rings. The largest absolute Gasteiger partial charge is 0.506 e. The van der Waals surface area contributed by atoms with Gasteiger partial charge in [0.2, 0.25) is 5.91 Å². The Kier molecular flexibility index (Phi) is 5.42. The number of nitrogens with zero attached hydrogens (tertiary/aromatic N) is 1. The van der Waals surface area contributed by atoms with Gasteiger partial charge in [-0.2, -0.15) is 0 Å². The van der Waals surface area contributed by atoms with Gasteiger partial charge in [0.15, 0.2) is 0 Å². The lowest BCUT2D eigenvalue weighted by Crippen LogP contribution is -2.24. The summed E-state index contributed by atoms with van der Waals surface area (Å²) in [6, 6.07) is 3.47. The molecule has 2 heterocycles. The van der Waals surface area contributed by atoms with Crippen molar-refractivity contribution in [2.45, 2.75) is 19.1 Å². The molecule has 0 bridgehead atoms. The molecule has 1 saturated heterocycles. The van der Waals surface area contributed by atoms with E-state index in [2.05, 4.69) is 9.72 Å². The van der Waals surface area contributed by atoms with Crippen LogP contribution in [0.5, 0.6) is 0 Å². The van der Waals surface area contributed by atoms with E-state index in [4.69, 9.17) is 10.2 Å². The fourth-order valence-corrected chi connectivity index (χ4v) is 1.17. The van der Waals surface area contributed by atoms with Crippen LogP contribution in [0.4, 0.5) is 4.79 Å². The van der Waals surface area contributed by atoms with Gasteiger partial charge in [-0.25, -0.2) is 4.79 Å². The molecule has 0 radical (unpaired) electrons. The normalized spacial score (nSPS) is 17.2. The van der Waals surface area contributed by atoms with Crippen LogP contribution in [0.15, 0.2) is 24.5 Å². The van der Waals surface area contributed by atoms with Crippen molar-refractivity contribution in [3.05, 3.63) is 30.1 Å². The van der Waals surface area contributed by atoms with Gasteiger partial charge in [0.05, 0.1) is 6.42 Å². The van der Waals surface area contributed by atoms with Gasteiger partial charge in [-0.3, -0.25) is 19.9 Å². The monoisotopic (exact) mass is 268 g/mol. The molecule has 1 aliphatic heterocycles. The number of carboxylic acid groups (broad SMARTS) is 1. The molecule has 19 heavy (non-hydrogen) atoms. The third-order valence-corrected chi connectivity index (χ3v) is 2.03. The lowest BCUT2D eigenvalue weighted by atomic mass is 10.3. The third-order valence-electron chi connectivity index (χ3n) is 2.03. The summed E-state index contributed by atoms with van der Waals surface area (Å²) in [5, 5.41) is 18.6. The Balaban J connectivity index is 0.000000200. The number of aliphatic hydroxyl groups excluding tert-OH is 1. The van der Waals surface area contributed by atoms with E-state index in [1.165, 1.54) is 0 Å². The number of hydrogen-bond donors (Lipinski definition) is 3. The highest BCUT2D eigenvalue weighted by atomic mass is 16.7. The summed E-state index contributed by atoms with van der Waals surface area (Å²) in [6.45, 7) is 0.0587. The lowest BCUT2D eigenvalue weighted by molar-refractivity contribution is -0.127. The SMILES string of the molecule is O=C(O)OCc1cccnc1.O=C1CC(O)C(=O)N1. The van der Waals surface area contributed by atoms with Crippen LogP contribution in [0, 0.1) is 0 Å². The van der Waals surface area contributed by atoms with E-state index in [0.717, 1.165) is 5.56 Å². The number of hydrogen-bond acceptors (Lipinski definition) is 6. The summed E-state index contributed by atoms with van der Waals surface area (Å²) < 4.78 is 4.30. The minimum absolute atomic E-state index is 0.0587. The fourth-order valence-electron chi connectivity index (χ4n) is 1.17. The van der Waals surface area contributed by atoms with E-state index >= 15 is 0 Å². The minimum Gasteiger partial charge on any atom is -0.450 e. The molecule has 8 heteroatoms. The molecule has 3 N–H and O–H groups in total. The van der Waals surface area contributed by atoms with Crippen molar-refractivity contribution in [1.29, 1.82) is 0 Å². The summed E-state index contributed by atoms with van der Waals surface area (Å²) in [5.41, 5.74) is 0.745. The van der Waals surface area contributed by atoms with E-state index in [1.807, 2.05) is 5.32 Å². The summed E-state index contributed by atoms with van der Waals surface area (Å²) in [6.07, 6.45) is 0.711. The maximum Gasteiger partial charge on any atom is 0.506 e. The molecule has 2 amide bonds. The second-order valence-corrected chi connectivity index (χ2v) is 3.55. The van der Waals surface area contributed by atoms with Gasteiger partial charge in [0.1, 0.15) is 12.7 Å². The molecule has 1 unspecified atom stereocenters. The second kappa shape index (κ2) is 7.07. The zero-order valence-corrected chi connectivity index (χ0v) is 9.78. The van der Waals surface area contributed by atoms with E-state index in [0.29, 0.717) is 0 Å². The highest BCUT2D eigenvalue weighted by molar-refractivity contribution is 6.04. The van der Waals surface area contributed by atoms with Crippen molar-refractivity contribution in [1.82, 2.24) is 10.3 Å². The Morgan fingerprint density at radius 2 is 2.26 bits per heavy atom. The number of aromatic nitrogens is 1. The van der Waals surface area contributed by atoms with Gasteiger partial charge in [-0.15, -0.1) is 0 Å². The second-order valence-electron chi connectivity index (χ2n) is 3.55. The van der Waals surface area contributed by atoms with Gasteiger partial charge < -0.3 is 14.9 Å². The molecular weight excluding hydrogens is 256 g/mol. The summed E-state index contributed by atoms with van der Waals surface area (Å²) in [5.74, 6) is -0.988. The number of carbonyl (C=O) groups is 3. The summed E-state index contributed by atoms with van der Waals surface area (Å²) in [4.78, 5) is 34.1. The first kappa shape index (κ1) is 14.6. The number of carbonyl (C=O) groups excluding carboxylic acids is 2. The van der Waals surface area contributed by atoms with Crippen molar-refractivity contribution in [2.24, 2.45) is 0 Å². The maximum atomic E-state index is 10.2. The molecule has 0 aromatic carbocycles. The lowest BCUT2D eigenvalue weighted by Gasteiger charge is -1.97. The minimum atomic E-state index is -1.27. The Morgan fingerprint density at radius 1 is 1.53 bits per heavy atom. The number of pyridine rings is 1. The van der Waals surface area contributed by atoms with Crippen LogP contribution in [-0.4, -0.2) is 39.3 Å². The van der Waals surface area contributed by atoms with Crippen LogP contribution < -0.4 is 5.32 Å². The number of amides is 2. The predicted molar refractivity (Wildman–Crippen MR) is 60.8 cm³/mol.